The topological polar surface area (TPSA) is 64.1 Å². The van der Waals surface area contributed by atoms with Crippen LogP contribution in [0.3, 0.4) is 0 Å². The van der Waals surface area contributed by atoms with E-state index < -0.39 is 5.97 Å². The Kier molecular flexibility index (Phi) is 5.07. The summed E-state index contributed by atoms with van der Waals surface area (Å²) in [5.41, 5.74) is 5.15. The van der Waals surface area contributed by atoms with E-state index in [-0.39, 0.29) is 6.61 Å². The molecule has 2 aromatic heterocycles. The molecule has 1 N–H and O–H groups in total. The van der Waals surface area contributed by atoms with Crippen molar-refractivity contribution >= 4 is 50.8 Å². The Morgan fingerprint density at radius 3 is 2.72 bits per heavy atom. The minimum Gasteiger partial charge on any atom is -0.462 e. The maximum absolute atomic E-state index is 12.7. The monoisotopic (exact) mass is 405 g/mol. The molecule has 0 unspecified atom stereocenters. The highest BCUT2D eigenvalue weighted by Gasteiger charge is 2.21. The Morgan fingerprint density at radius 1 is 1.17 bits per heavy atom. The number of aromatic nitrogens is 2. The van der Waals surface area contributed by atoms with Crippen LogP contribution in [0.25, 0.3) is 21.8 Å². The number of fused-ring (bicyclic) bond motifs is 3. The molecule has 0 atom stereocenters. The Hall–Kier alpha value is -3.18. The molecule has 0 aliphatic heterocycles. The summed E-state index contributed by atoms with van der Waals surface area (Å²) in [5, 5.41) is 5.59. The molecule has 0 radical (unpaired) electrons. The van der Waals surface area contributed by atoms with E-state index in [9.17, 15) is 4.79 Å². The van der Waals surface area contributed by atoms with Gasteiger partial charge in [0, 0.05) is 22.7 Å². The fourth-order valence-electron chi connectivity index (χ4n) is 3.43. The molecule has 29 heavy (non-hydrogen) atoms. The predicted octanol–water partition coefficient (Wildman–Crippen LogP) is 5.97. The molecule has 0 spiro atoms. The number of para-hydroxylation sites is 1. The summed E-state index contributed by atoms with van der Waals surface area (Å²) in [7, 11) is 0. The zero-order valence-corrected chi connectivity index (χ0v) is 17.2. The third kappa shape index (κ3) is 3.49. The number of ether oxygens (including phenoxy) is 1. The molecule has 0 bridgehead atoms. The van der Waals surface area contributed by atoms with Crippen molar-refractivity contribution in [1.29, 1.82) is 0 Å². The van der Waals surface area contributed by atoms with Crippen molar-refractivity contribution in [3.05, 3.63) is 70.5 Å². The number of hydrogen-bond acceptors (Lipinski definition) is 5. The molecule has 6 heteroatoms. The molecule has 0 amide bonds. The van der Waals surface area contributed by atoms with Gasteiger partial charge in [-0.1, -0.05) is 35.4 Å². The smallest absolute Gasteiger partial charge is 0.341 e. The van der Waals surface area contributed by atoms with Gasteiger partial charge in [-0.2, -0.15) is 0 Å². The van der Waals surface area contributed by atoms with Crippen LogP contribution in [0.1, 0.15) is 28.5 Å². The highest BCUT2D eigenvalue weighted by atomic mass is 35.5. The van der Waals surface area contributed by atoms with Crippen molar-refractivity contribution in [2.45, 2.75) is 20.8 Å². The number of esters is 1. The zero-order valence-electron chi connectivity index (χ0n) is 16.4. The van der Waals surface area contributed by atoms with Crippen molar-refractivity contribution < 1.29 is 9.53 Å². The number of halogens is 1. The van der Waals surface area contributed by atoms with Crippen molar-refractivity contribution in [2.24, 2.45) is 0 Å². The Labute approximate surface area is 173 Å². The molecule has 0 saturated carbocycles. The predicted molar refractivity (Wildman–Crippen MR) is 117 cm³/mol. The molecule has 2 heterocycles. The van der Waals surface area contributed by atoms with E-state index in [0.29, 0.717) is 22.0 Å². The van der Waals surface area contributed by atoms with Crippen molar-refractivity contribution in [3.8, 4) is 0 Å². The van der Waals surface area contributed by atoms with Crippen LogP contribution in [-0.2, 0) is 4.74 Å². The van der Waals surface area contributed by atoms with Crippen LogP contribution in [0.5, 0.6) is 0 Å². The van der Waals surface area contributed by atoms with Gasteiger partial charge in [-0.25, -0.2) is 4.79 Å². The maximum Gasteiger partial charge on any atom is 0.341 e. The van der Waals surface area contributed by atoms with Crippen LogP contribution in [0.2, 0.25) is 5.02 Å². The molecule has 4 rings (SSSR count). The van der Waals surface area contributed by atoms with E-state index >= 15 is 0 Å². The molecule has 5 nitrogen and oxygen atoms in total. The van der Waals surface area contributed by atoms with E-state index in [4.69, 9.17) is 21.3 Å². The highest BCUT2D eigenvalue weighted by Crippen LogP contribution is 2.36. The number of hydrogen-bond donors (Lipinski definition) is 1. The van der Waals surface area contributed by atoms with Crippen LogP contribution >= 0.6 is 11.6 Å². The van der Waals surface area contributed by atoms with Gasteiger partial charge in [0.2, 0.25) is 0 Å². The first-order chi connectivity index (χ1) is 14.0. The van der Waals surface area contributed by atoms with Gasteiger partial charge in [0.05, 0.1) is 34.0 Å². The summed E-state index contributed by atoms with van der Waals surface area (Å²) in [4.78, 5) is 22.0. The average molecular weight is 406 g/mol. The lowest BCUT2D eigenvalue weighted by molar-refractivity contribution is 0.0527. The Bertz CT molecular complexity index is 1250. The number of nitrogens with zero attached hydrogens (tertiary/aromatic N) is 2. The van der Waals surface area contributed by atoms with Gasteiger partial charge in [0.25, 0.3) is 0 Å². The second-order valence-electron chi connectivity index (χ2n) is 6.81. The van der Waals surface area contributed by atoms with Crippen LogP contribution in [0, 0.1) is 13.8 Å². The molecule has 0 fully saturated rings. The third-order valence-electron chi connectivity index (χ3n) is 4.76. The molecule has 4 aromatic rings. The Balaban J connectivity index is 2.06. The van der Waals surface area contributed by atoms with Gasteiger partial charge in [0.15, 0.2) is 0 Å². The van der Waals surface area contributed by atoms with Gasteiger partial charge in [-0.3, -0.25) is 9.97 Å². The van der Waals surface area contributed by atoms with Crippen LogP contribution in [0.15, 0.2) is 48.7 Å². The minimum atomic E-state index is -0.444. The standard InChI is InChI=1S/C23H20ClN3O2/c1-4-29-23(28)16-12-25-21-15-11-13(2)9-10-18(15)26-14(3)20(21)22(16)27-19-8-6-5-7-17(19)24/h5-12H,4H2,1-3H3,(H,25,27). The number of pyridine rings is 2. The van der Waals surface area contributed by atoms with E-state index in [0.717, 1.165) is 33.1 Å². The second-order valence-corrected chi connectivity index (χ2v) is 7.22. The number of carbonyl (C=O) groups excluding carboxylic acids is 1. The minimum absolute atomic E-state index is 0.274. The first-order valence-electron chi connectivity index (χ1n) is 9.38. The van der Waals surface area contributed by atoms with Crippen molar-refractivity contribution in [1.82, 2.24) is 9.97 Å². The van der Waals surface area contributed by atoms with Gasteiger partial charge < -0.3 is 10.1 Å². The quantitative estimate of drug-likeness (QED) is 0.334. The first-order valence-corrected chi connectivity index (χ1v) is 9.75. The fourth-order valence-corrected chi connectivity index (χ4v) is 3.62. The molecule has 0 saturated heterocycles. The molecular formula is C23H20ClN3O2. The number of aryl methyl sites for hydroxylation is 2. The Morgan fingerprint density at radius 2 is 1.97 bits per heavy atom. The van der Waals surface area contributed by atoms with Gasteiger partial charge in [0.1, 0.15) is 5.56 Å². The summed E-state index contributed by atoms with van der Waals surface area (Å²) < 4.78 is 5.26. The van der Waals surface area contributed by atoms with E-state index in [2.05, 4.69) is 16.4 Å². The summed E-state index contributed by atoms with van der Waals surface area (Å²) in [5.74, 6) is -0.444. The lowest BCUT2D eigenvalue weighted by atomic mass is 10.0. The lowest BCUT2D eigenvalue weighted by Crippen LogP contribution is -2.10. The summed E-state index contributed by atoms with van der Waals surface area (Å²) in [6, 6.07) is 13.5. The van der Waals surface area contributed by atoms with Crippen LogP contribution in [0.4, 0.5) is 11.4 Å². The number of rotatable bonds is 4. The zero-order chi connectivity index (χ0) is 20.5. The van der Waals surface area contributed by atoms with Crippen LogP contribution in [-0.4, -0.2) is 22.5 Å². The number of benzene rings is 2. The van der Waals surface area contributed by atoms with Crippen LogP contribution < -0.4 is 5.32 Å². The first kappa shape index (κ1) is 19.2. The number of nitrogens with one attached hydrogen (secondary N) is 1. The largest absolute Gasteiger partial charge is 0.462 e. The van der Waals surface area contributed by atoms with Crippen molar-refractivity contribution in [2.75, 3.05) is 11.9 Å². The molecular weight excluding hydrogens is 386 g/mol. The highest BCUT2D eigenvalue weighted by molar-refractivity contribution is 6.33. The normalized spacial score (nSPS) is 11.0. The fraction of sp³-hybridized carbons (Fsp3) is 0.174. The molecule has 146 valence electrons. The molecule has 0 aliphatic carbocycles. The summed E-state index contributed by atoms with van der Waals surface area (Å²) >= 11 is 6.36. The summed E-state index contributed by atoms with van der Waals surface area (Å²) in [6.07, 6.45) is 1.56. The van der Waals surface area contributed by atoms with Gasteiger partial charge in [-0.15, -0.1) is 0 Å². The third-order valence-corrected chi connectivity index (χ3v) is 5.09. The number of anilines is 2. The van der Waals surface area contributed by atoms with Gasteiger partial charge >= 0.3 is 5.97 Å². The average Bonchev–Trinajstić information content (AvgIpc) is 2.70. The second kappa shape index (κ2) is 7.68. The maximum atomic E-state index is 12.7. The van der Waals surface area contributed by atoms with E-state index in [1.165, 1.54) is 0 Å². The molecule has 0 aliphatic rings. The van der Waals surface area contributed by atoms with E-state index in [1.54, 1.807) is 19.2 Å². The summed E-state index contributed by atoms with van der Waals surface area (Å²) in [6.45, 7) is 5.99. The number of carbonyl (C=O) groups is 1. The van der Waals surface area contributed by atoms with E-state index in [1.807, 2.05) is 44.2 Å². The SMILES string of the molecule is CCOC(=O)c1cnc2c(c(C)nc3ccc(C)cc32)c1Nc1ccccc1Cl. The van der Waals surface area contributed by atoms with Crippen molar-refractivity contribution in [3.63, 3.8) is 0 Å². The molecule has 2 aromatic carbocycles. The lowest BCUT2D eigenvalue weighted by Gasteiger charge is -2.17. The van der Waals surface area contributed by atoms with Gasteiger partial charge in [-0.05, 0) is 45.0 Å².